The minimum atomic E-state index is -1.36. The molecule has 0 aromatic rings. The average molecular weight is 250 g/mol. The summed E-state index contributed by atoms with van der Waals surface area (Å²) in [6, 6.07) is 0. The molecule has 1 aliphatic heterocycles. The molecule has 7 nitrogen and oxygen atoms in total. The number of hydrogen-bond donors (Lipinski definition) is 4. The van der Waals surface area contributed by atoms with Crippen LogP contribution in [0.15, 0.2) is 0 Å². The molecule has 0 aromatic heterocycles. The third-order valence-electron chi connectivity index (χ3n) is 2.62. The molecule has 0 saturated carbocycles. The van der Waals surface area contributed by atoms with Gasteiger partial charge in [0.1, 0.15) is 18.3 Å². The van der Waals surface area contributed by atoms with Gasteiger partial charge in [-0.05, 0) is 6.92 Å². The van der Waals surface area contributed by atoms with Gasteiger partial charge in [0.15, 0.2) is 6.10 Å². The predicted molar refractivity (Wildman–Crippen MR) is 55.0 cm³/mol. The molecule has 7 heteroatoms. The lowest BCUT2D eigenvalue weighted by atomic mass is 9.95. The van der Waals surface area contributed by atoms with Crippen molar-refractivity contribution in [1.82, 2.24) is 0 Å². The van der Waals surface area contributed by atoms with E-state index in [1.165, 1.54) is 0 Å². The summed E-state index contributed by atoms with van der Waals surface area (Å²) in [7, 11) is 0. The van der Waals surface area contributed by atoms with Crippen molar-refractivity contribution in [2.24, 2.45) is 0 Å². The molecule has 0 unspecified atom stereocenters. The van der Waals surface area contributed by atoms with E-state index < -0.39 is 43.1 Å². The summed E-state index contributed by atoms with van der Waals surface area (Å²) in [6.45, 7) is 1.17. The molecule has 0 bridgehead atoms. The fourth-order valence-corrected chi connectivity index (χ4v) is 1.71. The molecule has 1 aliphatic rings. The van der Waals surface area contributed by atoms with E-state index in [9.17, 15) is 20.1 Å². The number of hydrogen-bond acceptors (Lipinski definition) is 7. The standard InChI is InChI=1S/C10H18O7/c1-2-16-10(15)7-3-5(12)8(14)9(17-7)6(13)4-11/h5-9,11-14H,2-4H2,1H3/t5-,6-,7+,8-,9-/m1/s1. The Morgan fingerprint density at radius 3 is 2.71 bits per heavy atom. The maximum absolute atomic E-state index is 11.4. The molecule has 0 spiro atoms. The smallest absolute Gasteiger partial charge is 0.335 e. The maximum Gasteiger partial charge on any atom is 0.335 e. The summed E-state index contributed by atoms with van der Waals surface area (Å²) >= 11 is 0. The lowest BCUT2D eigenvalue weighted by Gasteiger charge is -2.37. The molecule has 0 amide bonds. The molecule has 100 valence electrons. The lowest BCUT2D eigenvalue weighted by molar-refractivity contribution is -0.214. The summed E-state index contributed by atoms with van der Waals surface area (Å²) in [4.78, 5) is 11.4. The molecule has 5 atom stereocenters. The van der Waals surface area contributed by atoms with Gasteiger partial charge in [0.25, 0.3) is 0 Å². The van der Waals surface area contributed by atoms with Crippen molar-refractivity contribution in [3.63, 3.8) is 0 Å². The van der Waals surface area contributed by atoms with Crippen LogP contribution in [0.3, 0.4) is 0 Å². The van der Waals surface area contributed by atoms with Gasteiger partial charge in [0, 0.05) is 6.42 Å². The van der Waals surface area contributed by atoms with Crippen molar-refractivity contribution >= 4 is 5.97 Å². The molecule has 1 fully saturated rings. The van der Waals surface area contributed by atoms with E-state index in [4.69, 9.17) is 14.6 Å². The van der Waals surface area contributed by atoms with Crippen LogP contribution in [-0.4, -0.2) is 70.1 Å². The Kier molecular flexibility index (Phi) is 5.29. The van der Waals surface area contributed by atoms with Crippen LogP contribution in [0.4, 0.5) is 0 Å². The highest BCUT2D eigenvalue weighted by Crippen LogP contribution is 2.23. The van der Waals surface area contributed by atoms with E-state index in [0.29, 0.717) is 0 Å². The average Bonchev–Trinajstić information content (AvgIpc) is 2.31. The topological polar surface area (TPSA) is 116 Å². The van der Waals surface area contributed by atoms with Crippen LogP contribution < -0.4 is 0 Å². The van der Waals surface area contributed by atoms with Gasteiger partial charge < -0.3 is 29.9 Å². The molecular weight excluding hydrogens is 232 g/mol. The van der Waals surface area contributed by atoms with Gasteiger partial charge in [-0.1, -0.05) is 0 Å². The van der Waals surface area contributed by atoms with Crippen LogP contribution in [0.5, 0.6) is 0 Å². The Hall–Kier alpha value is -0.730. The van der Waals surface area contributed by atoms with E-state index in [-0.39, 0.29) is 13.0 Å². The molecule has 0 aliphatic carbocycles. The second kappa shape index (κ2) is 6.27. The summed E-state index contributed by atoms with van der Waals surface area (Å²) in [5, 5.41) is 37.3. The van der Waals surface area contributed by atoms with Gasteiger partial charge in [-0.3, -0.25) is 0 Å². The van der Waals surface area contributed by atoms with Gasteiger partial charge in [0.2, 0.25) is 0 Å². The summed E-state index contributed by atoms with van der Waals surface area (Å²) in [6.07, 6.45) is -6.27. The first-order valence-electron chi connectivity index (χ1n) is 5.48. The third-order valence-corrected chi connectivity index (χ3v) is 2.62. The van der Waals surface area contributed by atoms with Gasteiger partial charge in [0.05, 0.1) is 19.3 Å². The van der Waals surface area contributed by atoms with E-state index in [2.05, 4.69) is 0 Å². The Bertz CT molecular complexity index is 257. The number of carbonyl (C=O) groups excluding carboxylic acids is 1. The first-order valence-corrected chi connectivity index (χ1v) is 5.48. The molecular formula is C10H18O7. The number of esters is 1. The minimum absolute atomic E-state index is 0.103. The summed E-state index contributed by atoms with van der Waals surface area (Å²) in [5.41, 5.74) is 0. The van der Waals surface area contributed by atoms with Gasteiger partial charge in [-0.2, -0.15) is 0 Å². The molecule has 1 saturated heterocycles. The molecule has 1 heterocycles. The molecule has 17 heavy (non-hydrogen) atoms. The number of ether oxygens (including phenoxy) is 2. The normalized spacial score (nSPS) is 35.4. The minimum Gasteiger partial charge on any atom is -0.464 e. The van der Waals surface area contributed by atoms with Crippen LogP contribution in [-0.2, 0) is 14.3 Å². The molecule has 0 aromatic carbocycles. The SMILES string of the molecule is CCOC(=O)[C@@H]1C[C@@H](O)[C@@H](O)[C@@H]([C@H](O)CO)O1. The molecule has 4 N–H and O–H groups in total. The highest BCUT2D eigenvalue weighted by Gasteiger charge is 2.43. The first kappa shape index (κ1) is 14.3. The van der Waals surface area contributed by atoms with E-state index >= 15 is 0 Å². The second-order valence-corrected chi connectivity index (χ2v) is 3.88. The van der Waals surface area contributed by atoms with Gasteiger partial charge >= 0.3 is 5.97 Å². The number of aliphatic hydroxyl groups excluding tert-OH is 4. The highest BCUT2D eigenvalue weighted by molar-refractivity contribution is 5.74. The molecule has 1 rings (SSSR count). The van der Waals surface area contributed by atoms with E-state index in [0.717, 1.165) is 0 Å². The van der Waals surface area contributed by atoms with Gasteiger partial charge in [-0.25, -0.2) is 4.79 Å². The number of carbonyl (C=O) groups is 1. The van der Waals surface area contributed by atoms with E-state index in [1.54, 1.807) is 6.92 Å². The second-order valence-electron chi connectivity index (χ2n) is 3.88. The van der Waals surface area contributed by atoms with Crippen LogP contribution in [0.1, 0.15) is 13.3 Å². The number of rotatable bonds is 4. The Morgan fingerprint density at radius 1 is 1.53 bits per heavy atom. The van der Waals surface area contributed by atoms with Crippen molar-refractivity contribution < 1.29 is 34.7 Å². The summed E-state index contributed by atoms with van der Waals surface area (Å²) < 4.78 is 9.87. The lowest BCUT2D eigenvalue weighted by Crippen LogP contribution is -2.56. The van der Waals surface area contributed by atoms with Crippen LogP contribution in [0, 0.1) is 0 Å². The monoisotopic (exact) mass is 250 g/mol. The predicted octanol–water partition coefficient (Wildman–Crippen LogP) is -2.22. The zero-order chi connectivity index (χ0) is 13.0. The van der Waals surface area contributed by atoms with E-state index in [1.807, 2.05) is 0 Å². The quantitative estimate of drug-likeness (QED) is 0.418. The number of aliphatic hydroxyl groups is 4. The van der Waals surface area contributed by atoms with Crippen LogP contribution >= 0.6 is 0 Å². The molecule has 0 radical (unpaired) electrons. The summed E-state index contributed by atoms with van der Waals surface area (Å²) in [5.74, 6) is -0.659. The Labute approximate surface area is 98.6 Å². The fourth-order valence-electron chi connectivity index (χ4n) is 1.71. The maximum atomic E-state index is 11.4. The Morgan fingerprint density at radius 2 is 2.18 bits per heavy atom. The van der Waals surface area contributed by atoms with Crippen molar-refractivity contribution in [2.45, 2.75) is 43.9 Å². The largest absolute Gasteiger partial charge is 0.464 e. The highest BCUT2D eigenvalue weighted by atomic mass is 16.6. The first-order chi connectivity index (χ1) is 8.01. The van der Waals surface area contributed by atoms with Gasteiger partial charge in [-0.15, -0.1) is 0 Å². The van der Waals surface area contributed by atoms with Crippen molar-refractivity contribution in [3.8, 4) is 0 Å². The van der Waals surface area contributed by atoms with Crippen LogP contribution in [0.2, 0.25) is 0 Å². The third kappa shape index (κ3) is 3.36. The van der Waals surface area contributed by atoms with Crippen molar-refractivity contribution in [3.05, 3.63) is 0 Å². The zero-order valence-electron chi connectivity index (χ0n) is 9.52. The van der Waals surface area contributed by atoms with Crippen molar-refractivity contribution in [1.29, 1.82) is 0 Å². The zero-order valence-corrected chi connectivity index (χ0v) is 9.52. The van der Waals surface area contributed by atoms with Crippen LogP contribution in [0.25, 0.3) is 0 Å². The van der Waals surface area contributed by atoms with Crippen molar-refractivity contribution in [2.75, 3.05) is 13.2 Å². The fraction of sp³-hybridized carbons (Fsp3) is 0.900. The Balaban J connectivity index is 2.69.